The van der Waals surface area contributed by atoms with Gasteiger partial charge in [0, 0.05) is 17.5 Å². The molecule has 0 aliphatic carbocycles. The fourth-order valence-corrected chi connectivity index (χ4v) is 2.67. The van der Waals surface area contributed by atoms with Crippen molar-refractivity contribution in [3.05, 3.63) is 53.5 Å². The molecule has 4 heteroatoms. The highest BCUT2D eigenvalue weighted by Gasteiger charge is 2.26. The van der Waals surface area contributed by atoms with Gasteiger partial charge in [-0.1, -0.05) is 32.9 Å². The largest absolute Gasteiger partial charge is 0.481 e. The lowest BCUT2D eigenvalue weighted by Gasteiger charge is -2.25. The van der Waals surface area contributed by atoms with Gasteiger partial charge in [0.1, 0.15) is 5.60 Å². The average Bonchev–Trinajstić information content (AvgIpc) is 2.59. The van der Waals surface area contributed by atoms with Crippen molar-refractivity contribution in [1.29, 1.82) is 0 Å². The van der Waals surface area contributed by atoms with Crippen LogP contribution in [0.15, 0.2) is 36.4 Å². The zero-order chi connectivity index (χ0) is 17.7. The van der Waals surface area contributed by atoms with E-state index in [0.29, 0.717) is 18.2 Å². The Morgan fingerprint density at radius 1 is 1.04 bits per heavy atom. The summed E-state index contributed by atoms with van der Waals surface area (Å²) >= 11 is 0. The monoisotopic (exact) mass is 328 g/mol. The minimum Gasteiger partial charge on any atom is -0.481 e. The van der Waals surface area contributed by atoms with Crippen LogP contribution >= 0.6 is 0 Å². The van der Waals surface area contributed by atoms with Gasteiger partial charge in [0.25, 0.3) is 0 Å². The highest BCUT2D eigenvalue weighted by molar-refractivity contribution is 5.20. The minimum atomic E-state index is -0.946. The van der Waals surface area contributed by atoms with Crippen molar-refractivity contribution < 1.29 is 9.84 Å². The normalized spacial score (nSPS) is 15.1. The molecule has 2 heterocycles. The maximum atomic E-state index is 10.9. The van der Waals surface area contributed by atoms with Crippen molar-refractivity contribution in [3.63, 3.8) is 0 Å². The molecule has 0 saturated heterocycles. The standard InChI is InChI=1S/C20H28N2O2/c1-14(2)16-8-6-10-18(21-16)20(4,23)13-12-15(3)17-9-7-11-19(22-17)24-5/h6-11,14-15,23H,12-13H2,1-5H3. The highest BCUT2D eigenvalue weighted by Crippen LogP contribution is 2.30. The van der Waals surface area contributed by atoms with Gasteiger partial charge in [-0.15, -0.1) is 0 Å². The van der Waals surface area contributed by atoms with Crippen LogP contribution in [0.2, 0.25) is 0 Å². The first-order chi connectivity index (χ1) is 11.3. The van der Waals surface area contributed by atoms with E-state index in [1.165, 1.54) is 0 Å². The molecular weight excluding hydrogens is 300 g/mol. The zero-order valence-electron chi connectivity index (χ0n) is 15.3. The molecule has 2 atom stereocenters. The molecule has 2 aromatic heterocycles. The Bertz CT molecular complexity index is 668. The maximum absolute atomic E-state index is 10.9. The number of hydrogen-bond acceptors (Lipinski definition) is 4. The number of aliphatic hydroxyl groups is 1. The second kappa shape index (κ2) is 7.75. The van der Waals surface area contributed by atoms with Gasteiger partial charge < -0.3 is 9.84 Å². The van der Waals surface area contributed by atoms with Crippen molar-refractivity contribution in [2.45, 2.75) is 58.0 Å². The third-order valence-electron chi connectivity index (χ3n) is 4.44. The molecule has 0 radical (unpaired) electrons. The molecule has 0 amide bonds. The van der Waals surface area contributed by atoms with Gasteiger partial charge in [0.2, 0.25) is 5.88 Å². The molecule has 2 rings (SSSR count). The van der Waals surface area contributed by atoms with Crippen LogP contribution in [0.25, 0.3) is 0 Å². The van der Waals surface area contributed by atoms with Gasteiger partial charge in [0.05, 0.1) is 12.8 Å². The Balaban J connectivity index is 2.07. The lowest BCUT2D eigenvalue weighted by atomic mass is 9.89. The summed E-state index contributed by atoms with van der Waals surface area (Å²) in [5.74, 6) is 1.21. The van der Waals surface area contributed by atoms with E-state index in [1.54, 1.807) is 7.11 Å². The van der Waals surface area contributed by atoms with Crippen LogP contribution in [0.4, 0.5) is 0 Å². The van der Waals surface area contributed by atoms with Gasteiger partial charge in [-0.25, -0.2) is 4.98 Å². The first-order valence-electron chi connectivity index (χ1n) is 8.54. The fourth-order valence-electron chi connectivity index (χ4n) is 2.67. The summed E-state index contributed by atoms with van der Waals surface area (Å²) in [5, 5.41) is 10.9. The quantitative estimate of drug-likeness (QED) is 0.818. The van der Waals surface area contributed by atoms with Crippen LogP contribution in [-0.4, -0.2) is 22.2 Å². The van der Waals surface area contributed by atoms with Gasteiger partial charge in [-0.3, -0.25) is 4.98 Å². The summed E-state index contributed by atoms with van der Waals surface area (Å²) in [6.45, 7) is 8.18. The molecule has 0 spiro atoms. The van der Waals surface area contributed by atoms with Crippen LogP contribution in [-0.2, 0) is 5.60 Å². The van der Waals surface area contributed by atoms with Crippen LogP contribution in [0, 0.1) is 0 Å². The van der Waals surface area contributed by atoms with E-state index in [2.05, 4.69) is 30.7 Å². The first kappa shape index (κ1) is 18.4. The van der Waals surface area contributed by atoms with Crippen LogP contribution < -0.4 is 4.74 Å². The van der Waals surface area contributed by atoms with Gasteiger partial charge in [-0.05, 0) is 49.8 Å². The Labute approximate surface area is 144 Å². The molecular formula is C20H28N2O2. The van der Waals surface area contributed by atoms with Gasteiger partial charge in [0.15, 0.2) is 0 Å². The molecule has 0 saturated carbocycles. The minimum absolute atomic E-state index is 0.236. The lowest BCUT2D eigenvalue weighted by Crippen LogP contribution is -2.24. The molecule has 130 valence electrons. The van der Waals surface area contributed by atoms with Crippen molar-refractivity contribution >= 4 is 0 Å². The summed E-state index contributed by atoms with van der Waals surface area (Å²) in [6, 6.07) is 11.7. The summed E-state index contributed by atoms with van der Waals surface area (Å²) < 4.78 is 5.18. The first-order valence-corrected chi connectivity index (χ1v) is 8.54. The summed E-state index contributed by atoms with van der Waals surface area (Å²) in [4.78, 5) is 9.12. The van der Waals surface area contributed by atoms with E-state index in [0.717, 1.165) is 23.5 Å². The Morgan fingerprint density at radius 2 is 1.71 bits per heavy atom. The second-order valence-electron chi connectivity index (χ2n) is 6.92. The number of aromatic nitrogens is 2. The van der Waals surface area contributed by atoms with Gasteiger partial charge in [-0.2, -0.15) is 0 Å². The summed E-state index contributed by atoms with van der Waals surface area (Å²) in [5.41, 5.74) is 1.78. The van der Waals surface area contributed by atoms with Crippen molar-refractivity contribution in [2.75, 3.05) is 7.11 Å². The smallest absolute Gasteiger partial charge is 0.213 e. The highest BCUT2D eigenvalue weighted by atomic mass is 16.5. The topological polar surface area (TPSA) is 55.2 Å². The van der Waals surface area contributed by atoms with E-state index >= 15 is 0 Å². The van der Waals surface area contributed by atoms with E-state index in [1.807, 2.05) is 43.3 Å². The SMILES string of the molecule is COc1cccc(C(C)CCC(C)(O)c2cccc(C(C)C)n2)n1. The molecule has 1 N–H and O–H groups in total. The molecule has 2 unspecified atom stereocenters. The van der Waals surface area contributed by atoms with Crippen molar-refractivity contribution in [2.24, 2.45) is 0 Å². The molecule has 0 aliphatic rings. The summed E-state index contributed by atoms with van der Waals surface area (Å²) in [7, 11) is 1.62. The molecule has 24 heavy (non-hydrogen) atoms. The van der Waals surface area contributed by atoms with Crippen molar-refractivity contribution in [1.82, 2.24) is 9.97 Å². The Kier molecular flexibility index (Phi) is 5.94. The fraction of sp³-hybridized carbons (Fsp3) is 0.500. The lowest BCUT2D eigenvalue weighted by molar-refractivity contribution is 0.0391. The molecule has 0 aliphatic heterocycles. The molecule has 4 nitrogen and oxygen atoms in total. The zero-order valence-corrected chi connectivity index (χ0v) is 15.3. The van der Waals surface area contributed by atoms with Crippen molar-refractivity contribution in [3.8, 4) is 5.88 Å². The number of pyridine rings is 2. The van der Waals surface area contributed by atoms with E-state index in [4.69, 9.17) is 4.74 Å². The molecule has 0 bridgehead atoms. The summed E-state index contributed by atoms with van der Waals surface area (Å²) in [6.07, 6.45) is 1.45. The molecule has 2 aromatic rings. The number of methoxy groups -OCH3 is 1. The number of hydrogen-bond donors (Lipinski definition) is 1. The van der Waals surface area contributed by atoms with Gasteiger partial charge >= 0.3 is 0 Å². The van der Waals surface area contributed by atoms with Crippen LogP contribution in [0.1, 0.15) is 69.5 Å². The Hall–Kier alpha value is -1.94. The number of rotatable bonds is 7. The van der Waals surface area contributed by atoms with Crippen LogP contribution in [0.5, 0.6) is 5.88 Å². The number of ether oxygens (including phenoxy) is 1. The van der Waals surface area contributed by atoms with E-state index in [9.17, 15) is 5.11 Å². The average molecular weight is 328 g/mol. The van der Waals surface area contributed by atoms with E-state index in [-0.39, 0.29) is 5.92 Å². The Morgan fingerprint density at radius 3 is 2.38 bits per heavy atom. The van der Waals surface area contributed by atoms with Crippen LogP contribution in [0.3, 0.4) is 0 Å². The molecule has 0 fully saturated rings. The maximum Gasteiger partial charge on any atom is 0.213 e. The third kappa shape index (κ3) is 4.54. The second-order valence-corrected chi connectivity index (χ2v) is 6.92. The predicted molar refractivity (Wildman–Crippen MR) is 96.3 cm³/mol. The predicted octanol–water partition coefficient (Wildman–Crippen LogP) is 4.40. The molecule has 0 aromatic carbocycles. The third-order valence-corrected chi connectivity index (χ3v) is 4.44. The van der Waals surface area contributed by atoms with E-state index < -0.39 is 5.60 Å². The number of nitrogens with zero attached hydrogens (tertiary/aromatic N) is 2.